The standard InChI is InChI=1S/C27H40NOP/c1-5-7-9-22-11-13-24(14-12-22)21-26-19-20-27(30(26,29)28(3)4)25-17-15-23(16-18-25)10-8-6-2/h11-18,26-27H,5-10,19-21H2,1-4H3/t26-,27-,30?/m0/s1. The summed E-state index contributed by atoms with van der Waals surface area (Å²) >= 11 is 0. The third-order valence-corrected chi connectivity index (χ3v) is 11.1. The molecule has 3 rings (SSSR count). The number of nitrogens with zero attached hydrogens (tertiary/aromatic N) is 1. The molecule has 3 atom stereocenters. The molecule has 1 fully saturated rings. The molecule has 2 nitrogen and oxygen atoms in total. The minimum Gasteiger partial charge on any atom is -0.306 e. The van der Waals surface area contributed by atoms with Gasteiger partial charge in [0.1, 0.15) is 0 Å². The Morgan fingerprint density at radius 1 is 0.800 bits per heavy atom. The van der Waals surface area contributed by atoms with Crippen LogP contribution < -0.4 is 0 Å². The second kappa shape index (κ2) is 10.8. The Bertz CT molecular complexity index is 825. The van der Waals surface area contributed by atoms with Crippen molar-refractivity contribution < 1.29 is 4.57 Å². The van der Waals surface area contributed by atoms with Crippen molar-refractivity contribution in [3.8, 4) is 0 Å². The summed E-state index contributed by atoms with van der Waals surface area (Å²) in [6.45, 7) is 4.47. The van der Waals surface area contributed by atoms with Crippen molar-refractivity contribution in [2.45, 2.75) is 83.0 Å². The van der Waals surface area contributed by atoms with Gasteiger partial charge in [0.05, 0.1) is 5.66 Å². The van der Waals surface area contributed by atoms with E-state index in [-0.39, 0.29) is 11.3 Å². The maximum atomic E-state index is 14.4. The summed E-state index contributed by atoms with van der Waals surface area (Å²) in [5.74, 6) is 0. The number of unbranched alkanes of at least 4 members (excludes halogenated alkanes) is 2. The van der Waals surface area contributed by atoms with Crippen LogP contribution in [0.15, 0.2) is 48.5 Å². The predicted octanol–water partition coefficient (Wildman–Crippen LogP) is 7.66. The number of benzene rings is 2. The molecule has 1 aliphatic heterocycles. The molecule has 0 radical (unpaired) electrons. The summed E-state index contributed by atoms with van der Waals surface area (Å²) < 4.78 is 16.4. The number of hydrogen-bond acceptors (Lipinski definition) is 1. The first-order valence-electron chi connectivity index (χ1n) is 11.9. The van der Waals surface area contributed by atoms with Gasteiger partial charge in [-0.2, -0.15) is 0 Å². The number of aryl methyl sites for hydroxylation is 2. The highest BCUT2D eigenvalue weighted by Crippen LogP contribution is 2.71. The largest absolute Gasteiger partial charge is 0.306 e. The van der Waals surface area contributed by atoms with Gasteiger partial charge in [-0.25, -0.2) is 0 Å². The lowest BCUT2D eigenvalue weighted by Crippen LogP contribution is -2.20. The SMILES string of the molecule is CCCCc1ccc(C[C@@H]2CC[C@@H](c3ccc(CCCC)cc3)P2(=O)N(C)C)cc1. The quantitative estimate of drug-likeness (QED) is 0.364. The van der Waals surface area contributed by atoms with Crippen molar-refractivity contribution in [1.82, 2.24) is 4.67 Å². The van der Waals surface area contributed by atoms with Crippen LogP contribution in [-0.4, -0.2) is 24.4 Å². The van der Waals surface area contributed by atoms with Gasteiger partial charge in [-0.15, -0.1) is 0 Å². The Morgan fingerprint density at radius 2 is 1.30 bits per heavy atom. The van der Waals surface area contributed by atoms with E-state index in [1.54, 1.807) is 0 Å². The van der Waals surface area contributed by atoms with Crippen LogP contribution in [0.2, 0.25) is 0 Å². The fourth-order valence-corrected chi connectivity index (χ4v) is 8.80. The van der Waals surface area contributed by atoms with Gasteiger partial charge in [0.2, 0.25) is 0 Å². The molecule has 1 unspecified atom stereocenters. The molecule has 2 aromatic carbocycles. The van der Waals surface area contributed by atoms with E-state index in [1.807, 2.05) is 14.1 Å². The van der Waals surface area contributed by atoms with E-state index in [0.29, 0.717) is 0 Å². The van der Waals surface area contributed by atoms with Gasteiger partial charge in [0, 0.05) is 5.66 Å². The Morgan fingerprint density at radius 3 is 1.80 bits per heavy atom. The molecule has 0 aromatic heterocycles. The minimum absolute atomic E-state index is 0.168. The van der Waals surface area contributed by atoms with E-state index in [9.17, 15) is 4.57 Å². The third-order valence-electron chi connectivity index (χ3n) is 6.87. The number of rotatable bonds is 10. The average molecular weight is 426 g/mol. The first-order chi connectivity index (χ1) is 14.5. The van der Waals surface area contributed by atoms with E-state index < -0.39 is 7.29 Å². The molecule has 30 heavy (non-hydrogen) atoms. The van der Waals surface area contributed by atoms with Crippen molar-refractivity contribution in [1.29, 1.82) is 0 Å². The molecule has 0 saturated carbocycles. The van der Waals surface area contributed by atoms with Crippen LogP contribution >= 0.6 is 7.29 Å². The molecular formula is C27H40NOP. The van der Waals surface area contributed by atoms with Crippen LogP contribution in [0.4, 0.5) is 0 Å². The van der Waals surface area contributed by atoms with E-state index >= 15 is 0 Å². The second-order valence-corrected chi connectivity index (χ2v) is 12.7. The van der Waals surface area contributed by atoms with Crippen LogP contribution in [0.25, 0.3) is 0 Å². The fourth-order valence-electron chi connectivity index (χ4n) is 4.98. The summed E-state index contributed by atoms with van der Waals surface area (Å²) in [5.41, 5.74) is 5.84. The summed E-state index contributed by atoms with van der Waals surface area (Å²) in [6, 6.07) is 18.1. The molecular weight excluding hydrogens is 385 g/mol. The lowest BCUT2D eigenvalue weighted by Gasteiger charge is -2.32. The Labute approximate surface area is 184 Å². The van der Waals surface area contributed by atoms with Crippen LogP contribution in [0.5, 0.6) is 0 Å². The van der Waals surface area contributed by atoms with Gasteiger partial charge in [-0.1, -0.05) is 75.2 Å². The zero-order chi connectivity index (χ0) is 21.6. The maximum Gasteiger partial charge on any atom is 0.160 e. The predicted molar refractivity (Wildman–Crippen MR) is 131 cm³/mol. The van der Waals surface area contributed by atoms with E-state index in [2.05, 4.69) is 67.0 Å². The van der Waals surface area contributed by atoms with E-state index in [4.69, 9.17) is 0 Å². The Balaban J connectivity index is 1.74. The van der Waals surface area contributed by atoms with Crippen LogP contribution in [0.3, 0.4) is 0 Å². The van der Waals surface area contributed by atoms with Crippen LogP contribution in [0, 0.1) is 0 Å². The molecule has 0 aliphatic carbocycles. The molecule has 1 aliphatic rings. The Kier molecular flexibility index (Phi) is 8.37. The molecule has 164 valence electrons. The fraction of sp³-hybridized carbons (Fsp3) is 0.556. The van der Waals surface area contributed by atoms with Gasteiger partial charge in [-0.3, -0.25) is 4.67 Å². The topological polar surface area (TPSA) is 20.3 Å². The molecule has 0 N–H and O–H groups in total. The first-order valence-corrected chi connectivity index (χ1v) is 13.7. The summed E-state index contributed by atoms with van der Waals surface area (Å²) in [7, 11) is 1.56. The molecule has 1 heterocycles. The molecule has 0 amide bonds. The molecule has 0 spiro atoms. The molecule has 3 heteroatoms. The lowest BCUT2D eigenvalue weighted by atomic mass is 10.0. The van der Waals surface area contributed by atoms with Crippen molar-refractivity contribution in [3.63, 3.8) is 0 Å². The van der Waals surface area contributed by atoms with Gasteiger partial charge >= 0.3 is 0 Å². The molecule has 2 aromatic rings. The summed E-state index contributed by atoms with van der Waals surface area (Å²) in [5, 5.41) is 0. The summed E-state index contributed by atoms with van der Waals surface area (Å²) in [6.07, 6.45) is 10.2. The van der Waals surface area contributed by atoms with Gasteiger partial charge in [0.15, 0.2) is 7.29 Å². The van der Waals surface area contributed by atoms with Gasteiger partial charge in [-0.05, 0) is 81.3 Å². The van der Waals surface area contributed by atoms with Crippen molar-refractivity contribution in [2.24, 2.45) is 0 Å². The molecule has 0 bridgehead atoms. The second-order valence-electron chi connectivity index (χ2n) is 9.24. The van der Waals surface area contributed by atoms with Crippen LogP contribution in [0.1, 0.15) is 80.3 Å². The number of hydrogen-bond donors (Lipinski definition) is 0. The highest BCUT2D eigenvalue weighted by molar-refractivity contribution is 7.62. The summed E-state index contributed by atoms with van der Waals surface area (Å²) in [4.78, 5) is 0. The zero-order valence-electron chi connectivity index (χ0n) is 19.4. The van der Waals surface area contributed by atoms with Crippen molar-refractivity contribution >= 4 is 7.29 Å². The third kappa shape index (κ3) is 5.27. The monoisotopic (exact) mass is 425 g/mol. The highest BCUT2D eigenvalue weighted by Gasteiger charge is 2.48. The minimum atomic E-state index is -2.48. The van der Waals surface area contributed by atoms with Gasteiger partial charge in [0.25, 0.3) is 0 Å². The van der Waals surface area contributed by atoms with E-state index in [0.717, 1.165) is 32.1 Å². The average Bonchev–Trinajstić information content (AvgIpc) is 3.09. The Hall–Kier alpha value is -1.37. The van der Waals surface area contributed by atoms with Gasteiger partial charge < -0.3 is 4.57 Å². The highest BCUT2D eigenvalue weighted by atomic mass is 31.2. The first kappa shape index (κ1) is 23.3. The van der Waals surface area contributed by atoms with E-state index in [1.165, 1.54) is 47.9 Å². The van der Waals surface area contributed by atoms with Crippen molar-refractivity contribution in [3.05, 3.63) is 70.8 Å². The zero-order valence-corrected chi connectivity index (χ0v) is 20.3. The normalized spacial score (nSPS) is 23.9. The lowest BCUT2D eigenvalue weighted by molar-refractivity contribution is 0.500. The van der Waals surface area contributed by atoms with Crippen LogP contribution in [-0.2, 0) is 23.8 Å². The smallest absolute Gasteiger partial charge is 0.160 e. The van der Waals surface area contributed by atoms with Crippen molar-refractivity contribution in [2.75, 3.05) is 14.1 Å². The maximum absolute atomic E-state index is 14.4. The molecule has 1 saturated heterocycles.